The average Bonchev–Trinajstić information content (AvgIpc) is 2.23. The number of hydrogen-bond acceptors (Lipinski definition) is 4. The number of fused-ring (bicyclic) bond motifs is 1. The summed E-state index contributed by atoms with van der Waals surface area (Å²) in [6.45, 7) is 4.03. The van der Waals surface area contributed by atoms with Crippen LogP contribution in [0.4, 0.5) is 0 Å². The summed E-state index contributed by atoms with van der Waals surface area (Å²) >= 11 is 0. The molecular formula is C10H12N4O. The number of aromatic nitrogens is 4. The van der Waals surface area contributed by atoms with E-state index in [1.165, 1.54) is 10.8 Å². The van der Waals surface area contributed by atoms with E-state index in [0.717, 1.165) is 11.2 Å². The fourth-order valence-corrected chi connectivity index (χ4v) is 1.34. The predicted octanol–water partition coefficient (Wildman–Crippen LogP) is 0.847. The Balaban J connectivity index is 2.79. The fraction of sp³-hybridized carbons (Fsp3) is 0.400. The van der Waals surface area contributed by atoms with E-state index in [9.17, 15) is 4.79 Å². The van der Waals surface area contributed by atoms with Crippen molar-refractivity contribution < 1.29 is 0 Å². The van der Waals surface area contributed by atoms with Gasteiger partial charge in [0.2, 0.25) is 0 Å². The average molecular weight is 204 g/mol. The first-order valence-corrected chi connectivity index (χ1v) is 4.78. The fourth-order valence-electron chi connectivity index (χ4n) is 1.34. The number of rotatable bonds is 1. The molecule has 0 bridgehead atoms. The van der Waals surface area contributed by atoms with Gasteiger partial charge in [-0.15, -0.1) is 0 Å². The van der Waals surface area contributed by atoms with Crippen molar-refractivity contribution in [3.05, 3.63) is 28.7 Å². The van der Waals surface area contributed by atoms with Crippen LogP contribution in [-0.2, 0) is 7.05 Å². The Labute approximate surface area is 86.8 Å². The highest BCUT2D eigenvalue weighted by Gasteiger charge is 2.06. The Morgan fingerprint density at radius 2 is 1.93 bits per heavy atom. The molecule has 5 heteroatoms. The standard InChI is InChI=1S/C10H12N4O/c1-6(2)8-11-4-7-5-12-10(15)14(3)9(7)13-8/h4-6H,1-3H3. The molecule has 0 N–H and O–H groups in total. The minimum absolute atomic E-state index is 0.248. The van der Waals surface area contributed by atoms with Gasteiger partial charge in [0, 0.05) is 25.4 Å². The molecule has 78 valence electrons. The molecule has 0 saturated heterocycles. The van der Waals surface area contributed by atoms with Gasteiger partial charge in [0.05, 0.1) is 5.39 Å². The lowest BCUT2D eigenvalue weighted by Gasteiger charge is -2.06. The predicted molar refractivity (Wildman–Crippen MR) is 56.7 cm³/mol. The van der Waals surface area contributed by atoms with Crippen LogP contribution in [0.3, 0.4) is 0 Å². The van der Waals surface area contributed by atoms with E-state index in [4.69, 9.17) is 0 Å². The summed E-state index contributed by atoms with van der Waals surface area (Å²) in [5.41, 5.74) is 0.338. The van der Waals surface area contributed by atoms with Crippen molar-refractivity contribution in [2.45, 2.75) is 19.8 Å². The Hall–Kier alpha value is -1.78. The Morgan fingerprint density at radius 1 is 1.27 bits per heavy atom. The minimum atomic E-state index is -0.295. The lowest BCUT2D eigenvalue weighted by Crippen LogP contribution is -2.20. The summed E-state index contributed by atoms with van der Waals surface area (Å²) in [6.07, 6.45) is 3.20. The van der Waals surface area contributed by atoms with Gasteiger partial charge in [0.15, 0.2) is 0 Å². The van der Waals surface area contributed by atoms with E-state index in [1.54, 1.807) is 13.2 Å². The molecule has 0 unspecified atom stereocenters. The van der Waals surface area contributed by atoms with Crippen molar-refractivity contribution in [2.75, 3.05) is 0 Å². The van der Waals surface area contributed by atoms with Gasteiger partial charge in [-0.05, 0) is 0 Å². The van der Waals surface area contributed by atoms with Crippen LogP contribution in [0.1, 0.15) is 25.6 Å². The number of aryl methyl sites for hydroxylation is 1. The first-order chi connectivity index (χ1) is 7.09. The summed E-state index contributed by atoms with van der Waals surface area (Å²) in [6, 6.07) is 0. The maximum Gasteiger partial charge on any atom is 0.348 e. The van der Waals surface area contributed by atoms with Crippen molar-refractivity contribution >= 4 is 11.0 Å². The molecule has 15 heavy (non-hydrogen) atoms. The molecule has 2 heterocycles. The highest BCUT2D eigenvalue weighted by Crippen LogP contribution is 2.12. The van der Waals surface area contributed by atoms with Gasteiger partial charge in [-0.1, -0.05) is 13.8 Å². The van der Waals surface area contributed by atoms with Gasteiger partial charge in [-0.25, -0.2) is 19.7 Å². The van der Waals surface area contributed by atoms with Gasteiger partial charge < -0.3 is 0 Å². The SMILES string of the molecule is CC(C)c1ncc2cnc(=O)n(C)c2n1. The smallest absolute Gasteiger partial charge is 0.279 e. The Bertz CT molecular complexity index is 559. The lowest BCUT2D eigenvalue weighted by atomic mass is 10.2. The third kappa shape index (κ3) is 1.60. The molecule has 0 aliphatic heterocycles. The monoisotopic (exact) mass is 204 g/mol. The van der Waals surface area contributed by atoms with Crippen molar-refractivity contribution in [1.29, 1.82) is 0 Å². The molecule has 0 amide bonds. The minimum Gasteiger partial charge on any atom is -0.279 e. The van der Waals surface area contributed by atoms with E-state index in [1.807, 2.05) is 13.8 Å². The molecule has 0 atom stereocenters. The molecule has 0 radical (unpaired) electrons. The van der Waals surface area contributed by atoms with Crippen LogP contribution in [0.15, 0.2) is 17.2 Å². The van der Waals surface area contributed by atoms with Crippen molar-refractivity contribution in [3.63, 3.8) is 0 Å². The highest BCUT2D eigenvalue weighted by atomic mass is 16.1. The molecule has 0 saturated carbocycles. The molecule has 2 aromatic rings. The molecule has 0 fully saturated rings. The molecular weight excluding hydrogens is 192 g/mol. The van der Waals surface area contributed by atoms with Gasteiger partial charge >= 0.3 is 5.69 Å². The molecule has 0 aromatic carbocycles. The normalized spacial score (nSPS) is 11.2. The largest absolute Gasteiger partial charge is 0.348 e. The van der Waals surface area contributed by atoms with Crippen LogP contribution >= 0.6 is 0 Å². The topological polar surface area (TPSA) is 60.7 Å². The van der Waals surface area contributed by atoms with Gasteiger partial charge in [-0.3, -0.25) is 4.57 Å². The highest BCUT2D eigenvalue weighted by molar-refractivity contribution is 5.72. The Kier molecular flexibility index (Phi) is 2.22. The molecule has 5 nitrogen and oxygen atoms in total. The first-order valence-electron chi connectivity index (χ1n) is 4.78. The number of hydrogen-bond donors (Lipinski definition) is 0. The second kappa shape index (κ2) is 3.42. The second-order valence-electron chi connectivity index (χ2n) is 3.76. The Morgan fingerprint density at radius 3 is 2.60 bits per heavy atom. The van der Waals surface area contributed by atoms with Crippen LogP contribution in [0.25, 0.3) is 11.0 Å². The van der Waals surface area contributed by atoms with Crippen molar-refractivity contribution in [2.24, 2.45) is 7.05 Å². The molecule has 0 aliphatic rings. The zero-order valence-corrected chi connectivity index (χ0v) is 8.93. The van der Waals surface area contributed by atoms with Crippen molar-refractivity contribution in [1.82, 2.24) is 19.5 Å². The molecule has 2 rings (SSSR count). The van der Waals surface area contributed by atoms with Crippen LogP contribution in [0.5, 0.6) is 0 Å². The van der Waals surface area contributed by atoms with Gasteiger partial charge in [-0.2, -0.15) is 0 Å². The zero-order valence-electron chi connectivity index (χ0n) is 8.93. The van der Waals surface area contributed by atoms with E-state index in [2.05, 4.69) is 15.0 Å². The van der Waals surface area contributed by atoms with E-state index in [0.29, 0.717) is 5.65 Å². The third-order valence-corrected chi connectivity index (χ3v) is 2.25. The van der Waals surface area contributed by atoms with Crippen LogP contribution in [0.2, 0.25) is 0 Å². The zero-order chi connectivity index (χ0) is 11.0. The third-order valence-electron chi connectivity index (χ3n) is 2.25. The summed E-state index contributed by atoms with van der Waals surface area (Å²) in [7, 11) is 1.66. The first kappa shape index (κ1) is 9.76. The lowest BCUT2D eigenvalue weighted by molar-refractivity contribution is 0.761. The summed E-state index contributed by atoms with van der Waals surface area (Å²) in [4.78, 5) is 23.6. The summed E-state index contributed by atoms with van der Waals surface area (Å²) in [5.74, 6) is 0.987. The second-order valence-corrected chi connectivity index (χ2v) is 3.76. The van der Waals surface area contributed by atoms with E-state index in [-0.39, 0.29) is 11.6 Å². The van der Waals surface area contributed by atoms with Gasteiger partial charge in [0.25, 0.3) is 0 Å². The van der Waals surface area contributed by atoms with Crippen LogP contribution in [-0.4, -0.2) is 19.5 Å². The maximum absolute atomic E-state index is 11.3. The molecule has 2 aromatic heterocycles. The van der Waals surface area contributed by atoms with Crippen LogP contribution in [0, 0.1) is 0 Å². The maximum atomic E-state index is 11.3. The molecule has 0 spiro atoms. The van der Waals surface area contributed by atoms with Gasteiger partial charge in [0.1, 0.15) is 11.5 Å². The van der Waals surface area contributed by atoms with Crippen LogP contribution < -0.4 is 5.69 Å². The summed E-state index contributed by atoms with van der Waals surface area (Å²) in [5, 5.41) is 0.779. The molecule has 0 aliphatic carbocycles. The summed E-state index contributed by atoms with van der Waals surface area (Å²) < 4.78 is 1.43. The quantitative estimate of drug-likeness (QED) is 0.690. The van der Waals surface area contributed by atoms with E-state index >= 15 is 0 Å². The van der Waals surface area contributed by atoms with Crippen molar-refractivity contribution in [3.8, 4) is 0 Å². The van der Waals surface area contributed by atoms with E-state index < -0.39 is 0 Å². The number of nitrogens with zero attached hydrogens (tertiary/aromatic N) is 4.